The molecule has 1 aliphatic rings. The van der Waals surface area contributed by atoms with Crippen molar-refractivity contribution in [2.24, 2.45) is 0 Å². The fourth-order valence-corrected chi connectivity index (χ4v) is 4.46. The number of hydrogen-bond acceptors (Lipinski definition) is 2. The molecule has 0 bridgehead atoms. The molecule has 4 rings (SSSR count). The number of pyridine rings is 1. The molecule has 3 heterocycles. The third-order valence-corrected chi connectivity index (χ3v) is 6.01. The third kappa shape index (κ3) is 3.87. The summed E-state index contributed by atoms with van der Waals surface area (Å²) in [6.45, 7) is 5.02. The molecule has 5 heteroatoms. The molecule has 3 nitrogen and oxygen atoms in total. The zero-order valence-corrected chi connectivity index (χ0v) is 16.7. The first-order valence-electron chi connectivity index (χ1n) is 9.12. The Kier molecular flexibility index (Phi) is 6.15. The Labute approximate surface area is 171 Å². The van der Waals surface area contributed by atoms with Crippen LogP contribution in [0.25, 0.3) is 10.9 Å². The van der Waals surface area contributed by atoms with Gasteiger partial charge in [-0.2, -0.15) is 0 Å². The highest BCUT2D eigenvalue weighted by molar-refractivity contribution is 6.40. The SMILES string of the molecule is C.Cc1ccc(CCn2c3c(c4c(Cl)ccc(Cl)c42)CCN(C)CC3)cn1. The first kappa shape index (κ1) is 20.2. The Balaban J connectivity index is 0.00000210. The van der Waals surface area contributed by atoms with Crippen molar-refractivity contribution >= 4 is 34.1 Å². The summed E-state index contributed by atoms with van der Waals surface area (Å²) in [4.78, 5) is 6.81. The zero-order valence-electron chi connectivity index (χ0n) is 15.2. The van der Waals surface area contributed by atoms with E-state index in [-0.39, 0.29) is 7.43 Å². The molecule has 144 valence electrons. The summed E-state index contributed by atoms with van der Waals surface area (Å²) < 4.78 is 2.40. The average molecular weight is 404 g/mol. The molecule has 0 spiro atoms. The summed E-state index contributed by atoms with van der Waals surface area (Å²) in [6.07, 6.45) is 4.95. The molecule has 2 aromatic heterocycles. The Morgan fingerprint density at radius 3 is 2.52 bits per heavy atom. The number of aromatic nitrogens is 2. The van der Waals surface area contributed by atoms with Gasteiger partial charge >= 0.3 is 0 Å². The maximum Gasteiger partial charge on any atom is 0.0689 e. The fourth-order valence-electron chi connectivity index (χ4n) is 3.93. The molecule has 1 aromatic carbocycles. The number of aryl methyl sites for hydroxylation is 3. The molecule has 0 saturated heterocycles. The monoisotopic (exact) mass is 403 g/mol. The smallest absolute Gasteiger partial charge is 0.0689 e. The lowest BCUT2D eigenvalue weighted by molar-refractivity contribution is 0.351. The normalized spacial score (nSPS) is 14.7. The van der Waals surface area contributed by atoms with Gasteiger partial charge in [-0.25, -0.2) is 0 Å². The van der Waals surface area contributed by atoms with E-state index in [1.165, 1.54) is 16.8 Å². The molecule has 1 aliphatic heterocycles. The predicted molar refractivity (Wildman–Crippen MR) is 116 cm³/mol. The van der Waals surface area contributed by atoms with Crippen molar-refractivity contribution in [1.29, 1.82) is 0 Å². The van der Waals surface area contributed by atoms with Crippen LogP contribution in [0.15, 0.2) is 30.5 Å². The second-order valence-electron chi connectivity index (χ2n) is 7.19. The molecule has 0 aliphatic carbocycles. The molecule has 0 atom stereocenters. The lowest BCUT2D eigenvalue weighted by atomic mass is 10.1. The van der Waals surface area contributed by atoms with Gasteiger partial charge in [0, 0.05) is 49.0 Å². The standard InChI is InChI=1S/C21H23Cl2N3.CH4/c1-14-3-4-15(13-24-14)7-12-26-19-9-11-25(2)10-8-16(19)20-17(22)5-6-18(23)21(20)26;/h3-6,13H,7-12H2,1-2H3;1H4. The lowest BCUT2D eigenvalue weighted by Gasteiger charge is -2.14. The molecular weight excluding hydrogens is 377 g/mol. The van der Waals surface area contributed by atoms with Crippen molar-refractivity contribution in [1.82, 2.24) is 14.5 Å². The average Bonchev–Trinajstić information content (AvgIpc) is 2.83. The molecule has 0 fully saturated rings. The minimum absolute atomic E-state index is 0. The van der Waals surface area contributed by atoms with Gasteiger partial charge in [0.05, 0.1) is 15.6 Å². The fraction of sp³-hybridized carbons (Fsp3) is 0.409. The first-order valence-corrected chi connectivity index (χ1v) is 9.88. The van der Waals surface area contributed by atoms with E-state index in [9.17, 15) is 0 Å². The molecule has 27 heavy (non-hydrogen) atoms. The summed E-state index contributed by atoms with van der Waals surface area (Å²) in [5.41, 5.74) is 6.15. The number of rotatable bonds is 3. The van der Waals surface area contributed by atoms with E-state index in [1.807, 2.05) is 25.3 Å². The summed E-state index contributed by atoms with van der Waals surface area (Å²) in [7, 11) is 2.19. The van der Waals surface area contributed by atoms with Crippen LogP contribution in [0.3, 0.4) is 0 Å². The minimum Gasteiger partial charge on any atom is -0.343 e. The first-order chi connectivity index (χ1) is 12.5. The maximum atomic E-state index is 6.62. The number of hydrogen-bond donors (Lipinski definition) is 0. The molecule has 0 N–H and O–H groups in total. The maximum absolute atomic E-state index is 6.62. The van der Waals surface area contributed by atoms with Crippen molar-refractivity contribution in [2.45, 2.75) is 40.2 Å². The molecule has 0 amide bonds. The summed E-state index contributed by atoms with van der Waals surface area (Å²) >= 11 is 13.2. The van der Waals surface area contributed by atoms with Crippen LogP contribution >= 0.6 is 23.2 Å². The second kappa shape index (κ2) is 8.22. The van der Waals surface area contributed by atoms with Crippen LogP contribution in [0.5, 0.6) is 0 Å². The zero-order chi connectivity index (χ0) is 18.3. The summed E-state index contributed by atoms with van der Waals surface area (Å²) in [5.74, 6) is 0. The van der Waals surface area contributed by atoms with Crippen LogP contribution in [0.2, 0.25) is 10.0 Å². The van der Waals surface area contributed by atoms with Gasteiger partial charge in [0.2, 0.25) is 0 Å². The van der Waals surface area contributed by atoms with E-state index >= 15 is 0 Å². The van der Waals surface area contributed by atoms with Crippen LogP contribution in [-0.2, 0) is 25.8 Å². The summed E-state index contributed by atoms with van der Waals surface area (Å²) in [5, 5.41) is 2.74. The van der Waals surface area contributed by atoms with Crippen molar-refractivity contribution in [3.8, 4) is 0 Å². The Bertz CT molecular complexity index is 945. The van der Waals surface area contributed by atoms with Gasteiger partial charge in [0.25, 0.3) is 0 Å². The number of likely N-dealkylation sites (N-methyl/N-ethyl adjacent to an activating group) is 1. The lowest BCUT2D eigenvalue weighted by Crippen LogP contribution is -2.21. The number of benzene rings is 1. The van der Waals surface area contributed by atoms with Crippen LogP contribution in [-0.4, -0.2) is 34.6 Å². The van der Waals surface area contributed by atoms with Crippen molar-refractivity contribution in [2.75, 3.05) is 20.1 Å². The molecule has 3 aromatic rings. The number of nitrogens with zero attached hydrogens (tertiary/aromatic N) is 3. The predicted octanol–water partition coefficient (Wildman–Crippen LogP) is 5.56. The van der Waals surface area contributed by atoms with E-state index < -0.39 is 0 Å². The van der Waals surface area contributed by atoms with Gasteiger partial charge in [-0.1, -0.05) is 36.7 Å². The van der Waals surface area contributed by atoms with Gasteiger partial charge in [-0.3, -0.25) is 4.98 Å². The van der Waals surface area contributed by atoms with Crippen LogP contribution in [0.1, 0.15) is 29.9 Å². The van der Waals surface area contributed by atoms with Gasteiger partial charge in [-0.05, 0) is 56.1 Å². The van der Waals surface area contributed by atoms with Crippen molar-refractivity contribution in [3.05, 3.63) is 63.0 Å². The van der Waals surface area contributed by atoms with E-state index in [2.05, 4.69) is 33.6 Å². The quantitative estimate of drug-likeness (QED) is 0.570. The Hall–Kier alpha value is -1.55. The Morgan fingerprint density at radius 1 is 1.04 bits per heavy atom. The largest absolute Gasteiger partial charge is 0.343 e. The van der Waals surface area contributed by atoms with E-state index in [1.54, 1.807) is 0 Å². The molecular formula is C22H27Cl2N3. The highest BCUT2D eigenvalue weighted by Gasteiger charge is 2.23. The van der Waals surface area contributed by atoms with Crippen LogP contribution in [0.4, 0.5) is 0 Å². The van der Waals surface area contributed by atoms with Crippen molar-refractivity contribution in [3.63, 3.8) is 0 Å². The van der Waals surface area contributed by atoms with E-state index in [4.69, 9.17) is 23.2 Å². The third-order valence-electron chi connectivity index (χ3n) is 5.39. The van der Waals surface area contributed by atoms with Crippen LogP contribution < -0.4 is 0 Å². The summed E-state index contributed by atoms with van der Waals surface area (Å²) in [6, 6.07) is 8.08. The highest BCUT2D eigenvalue weighted by Crippen LogP contribution is 2.38. The number of halogens is 2. The van der Waals surface area contributed by atoms with Gasteiger partial charge in [0.1, 0.15) is 0 Å². The number of fused-ring (bicyclic) bond motifs is 3. The van der Waals surface area contributed by atoms with Crippen molar-refractivity contribution < 1.29 is 0 Å². The van der Waals surface area contributed by atoms with Gasteiger partial charge in [0.15, 0.2) is 0 Å². The highest BCUT2D eigenvalue weighted by atomic mass is 35.5. The Morgan fingerprint density at radius 2 is 1.78 bits per heavy atom. The molecule has 0 unspecified atom stereocenters. The molecule has 0 radical (unpaired) electrons. The molecule has 0 saturated carbocycles. The topological polar surface area (TPSA) is 21.1 Å². The van der Waals surface area contributed by atoms with Gasteiger partial charge in [-0.15, -0.1) is 0 Å². The van der Waals surface area contributed by atoms with Crippen LogP contribution in [0, 0.1) is 6.92 Å². The van der Waals surface area contributed by atoms with E-state index in [0.717, 1.165) is 65.5 Å². The minimum atomic E-state index is 0. The van der Waals surface area contributed by atoms with Gasteiger partial charge < -0.3 is 9.47 Å². The van der Waals surface area contributed by atoms with E-state index in [0.29, 0.717) is 0 Å². The second-order valence-corrected chi connectivity index (χ2v) is 8.01.